The fourth-order valence-electron chi connectivity index (χ4n) is 5.37. The minimum absolute atomic E-state index is 0.0536. The highest BCUT2D eigenvalue weighted by molar-refractivity contribution is 6.32. The van der Waals surface area contributed by atoms with Crippen LogP contribution in [0.2, 0.25) is 5.02 Å². The summed E-state index contributed by atoms with van der Waals surface area (Å²) in [6.07, 6.45) is 6.72. The molecule has 3 amide bonds. The zero-order valence-corrected chi connectivity index (χ0v) is 31.1. The molecule has 10 nitrogen and oxygen atoms in total. The van der Waals surface area contributed by atoms with Gasteiger partial charge >= 0.3 is 5.97 Å². The Hall–Kier alpha value is -4.15. The Morgan fingerprint density at radius 2 is 1.68 bits per heavy atom. The normalized spacial score (nSPS) is 23.7. The third kappa shape index (κ3) is 11.7. The van der Waals surface area contributed by atoms with E-state index in [0.717, 1.165) is 11.1 Å². The molecule has 5 atom stereocenters. The van der Waals surface area contributed by atoms with Crippen LogP contribution in [0.1, 0.15) is 78.0 Å². The van der Waals surface area contributed by atoms with Gasteiger partial charge < -0.3 is 30.5 Å². The molecule has 272 valence electrons. The zero-order chi connectivity index (χ0) is 37.2. The van der Waals surface area contributed by atoms with Gasteiger partial charge in [0.2, 0.25) is 17.7 Å². The van der Waals surface area contributed by atoms with E-state index in [1.807, 2.05) is 64.1 Å². The Kier molecular flexibility index (Phi) is 14.2. The van der Waals surface area contributed by atoms with Crippen molar-refractivity contribution in [1.82, 2.24) is 16.0 Å². The van der Waals surface area contributed by atoms with E-state index in [0.29, 0.717) is 22.8 Å². The number of hydrogen-bond donors (Lipinski definition) is 4. The van der Waals surface area contributed by atoms with E-state index in [1.165, 1.54) is 13.2 Å². The second-order valence-electron chi connectivity index (χ2n) is 14.7. The smallest absolute Gasteiger partial charge is 0.328 e. The minimum Gasteiger partial charge on any atom is -0.495 e. The van der Waals surface area contributed by atoms with Crippen LogP contribution in [0.25, 0.3) is 6.08 Å². The van der Waals surface area contributed by atoms with Crippen molar-refractivity contribution in [2.75, 3.05) is 7.11 Å². The monoisotopic (exact) mass is 709 g/mol. The number of halogens is 1. The maximum Gasteiger partial charge on any atom is 0.328 e. The summed E-state index contributed by atoms with van der Waals surface area (Å²) in [5.41, 5.74) is 0.909. The third-order valence-corrected chi connectivity index (χ3v) is 9.26. The molecule has 1 heterocycles. The van der Waals surface area contributed by atoms with Crippen molar-refractivity contribution in [2.45, 2.75) is 98.6 Å². The first-order chi connectivity index (χ1) is 23.4. The van der Waals surface area contributed by atoms with Gasteiger partial charge in [0.15, 0.2) is 0 Å². The first kappa shape index (κ1) is 40.3. The lowest BCUT2D eigenvalue weighted by atomic mass is 9.82. The molecular formula is C39H52ClN3O7. The van der Waals surface area contributed by atoms with Gasteiger partial charge in [-0.3, -0.25) is 14.4 Å². The van der Waals surface area contributed by atoms with E-state index in [9.17, 15) is 24.3 Å². The lowest BCUT2D eigenvalue weighted by Crippen LogP contribution is -2.58. The van der Waals surface area contributed by atoms with Crippen LogP contribution in [-0.4, -0.2) is 60.1 Å². The van der Waals surface area contributed by atoms with Crippen LogP contribution >= 0.6 is 11.6 Å². The van der Waals surface area contributed by atoms with Gasteiger partial charge in [-0.1, -0.05) is 87.9 Å². The van der Waals surface area contributed by atoms with Crippen LogP contribution in [-0.2, 0) is 36.9 Å². The number of carbonyl (C=O) groups excluding carboxylic acids is 4. The van der Waals surface area contributed by atoms with Gasteiger partial charge in [0.05, 0.1) is 24.2 Å². The minimum atomic E-state index is -1.15. The van der Waals surface area contributed by atoms with Crippen LogP contribution < -0.4 is 20.7 Å². The van der Waals surface area contributed by atoms with Crippen molar-refractivity contribution in [1.29, 1.82) is 0 Å². The van der Waals surface area contributed by atoms with Gasteiger partial charge in [-0.2, -0.15) is 0 Å². The number of aliphatic hydroxyl groups excluding tert-OH is 1. The van der Waals surface area contributed by atoms with E-state index in [4.69, 9.17) is 21.1 Å². The summed E-state index contributed by atoms with van der Waals surface area (Å²) in [4.78, 5) is 54.6. The number of benzene rings is 2. The Bertz CT molecular complexity index is 1560. The van der Waals surface area contributed by atoms with Crippen molar-refractivity contribution in [3.8, 4) is 5.75 Å². The van der Waals surface area contributed by atoms with Crippen molar-refractivity contribution in [3.63, 3.8) is 0 Å². The molecule has 2 aromatic carbocycles. The second kappa shape index (κ2) is 17.7. The van der Waals surface area contributed by atoms with Crippen LogP contribution in [0.15, 0.2) is 60.7 Å². The van der Waals surface area contributed by atoms with Crippen LogP contribution in [0.4, 0.5) is 0 Å². The fourth-order valence-corrected chi connectivity index (χ4v) is 5.65. The van der Waals surface area contributed by atoms with E-state index in [1.54, 1.807) is 45.0 Å². The molecule has 11 heteroatoms. The Morgan fingerprint density at radius 1 is 1.02 bits per heavy atom. The lowest BCUT2D eigenvalue weighted by Gasteiger charge is -2.35. The summed E-state index contributed by atoms with van der Waals surface area (Å²) in [6.45, 7) is 12.9. The number of carbonyl (C=O) groups is 4. The summed E-state index contributed by atoms with van der Waals surface area (Å²) in [5.74, 6) is -1.81. The van der Waals surface area contributed by atoms with Gasteiger partial charge in [-0.05, 0) is 67.5 Å². The Labute approximate surface area is 301 Å². The van der Waals surface area contributed by atoms with Crippen molar-refractivity contribution < 1.29 is 33.8 Å². The molecule has 0 saturated heterocycles. The highest BCUT2D eigenvalue weighted by Gasteiger charge is 2.40. The van der Waals surface area contributed by atoms with E-state index in [-0.39, 0.29) is 30.8 Å². The van der Waals surface area contributed by atoms with Crippen molar-refractivity contribution in [3.05, 3.63) is 82.4 Å². The second-order valence-corrected chi connectivity index (χ2v) is 15.1. The quantitative estimate of drug-likeness (QED) is 0.264. The van der Waals surface area contributed by atoms with Crippen molar-refractivity contribution >= 4 is 41.4 Å². The molecule has 1 unspecified atom stereocenters. The number of nitrogens with one attached hydrogen (secondary N) is 3. The number of aliphatic hydroxyl groups is 1. The summed E-state index contributed by atoms with van der Waals surface area (Å²) in [5, 5.41) is 18.4. The maximum atomic E-state index is 13.8. The number of cyclic esters (lactones) is 1. The van der Waals surface area contributed by atoms with E-state index < -0.39 is 53.3 Å². The van der Waals surface area contributed by atoms with Crippen molar-refractivity contribution in [2.24, 2.45) is 16.7 Å². The Morgan fingerprint density at radius 3 is 2.28 bits per heavy atom. The predicted octanol–water partition coefficient (Wildman–Crippen LogP) is 5.54. The molecule has 0 radical (unpaired) electrons. The highest BCUT2D eigenvalue weighted by atomic mass is 35.5. The first-order valence-corrected chi connectivity index (χ1v) is 17.3. The molecule has 0 spiro atoms. The fraction of sp³-hybridized carbons (Fsp3) is 0.487. The van der Waals surface area contributed by atoms with Gasteiger partial charge in [-0.25, -0.2) is 4.79 Å². The molecule has 0 bridgehead atoms. The summed E-state index contributed by atoms with van der Waals surface area (Å²) in [7, 11) is 1.51. The van der Waals surface area contributed by atoms with Gasteiger partial charge in [0.1, 0.15) is 23.9 Å². The summed E-state index contributed by atoms with van der Waals surface area (Å²) < 4.78 is 11.4. The molecule has 0 aliphatic carbocycles. The van der Waals surface area contributed by atoms with Crippen LogP contribution in [0.3, 0.4) is 0 Å². The third-order valence-electron chi connectivity index (χ3n) is 8.97. The molecule has 0 fully saturated rings. The van der Waals surface area contributed by atoms with Crippen LogP contribution in [0, 0.1) is 16.7 Å². The molecule has 0 saturated carbocycles. The summed E-state index contributed by atoms with van der Waals surface area (Å²) >= 11 is 6.35. The maximum absolute atomic E-state index is 13.8. The number of rotatable bonds is 8. The zero-order valence-electron chi connectivity index (χ0n) is 30.3. The summed E-state index contributed by atoms with van der Waals surface area (Å²) in [6, 6.07) is 9.93. The molecule has 1 aliphatic heterocycles. The van der Waals surface area contributed by atoms with Gasteiger partial charge in [-0.15, -0.1) is 0 Å². The van der Waals surface area contributed by atoms with E-state index in [2.05, 4.69) is 16.0 Å². The molecule has 4 N–H and O–H groups in total. The number of esters is 1. The number of hydrogen-bond acceptors (Lipinski definition) is 7. The van der Waals surface area contributed by atoms with E-state index >= 15 is 0 Å². The Balaban J connectivity index is 1.99. The molecule has 0 aromatic heterocycles. The van der Waals surface area contributed by atoms with Gasteiger partial charge in [0.25, 0.3) is 0 Å². The molecule has 3 rings (SSSR count). The lowest BCUT2D eigenvalue weighted by molar-refractivity contribution is -0.156. The topological polar surface area (TPSA) is 143 Å². The van der Waals surface area contributed by atoms with Gasteiger partial charge in [0, 0.05) is 24.8 Å². The standard InChI is InChI=1S/C39H52ClN3O7/c1-24(12-13-26-14-16-27(23-44)17-15-26)32-10-9-11-34(45)42-30(21-28-18-19-33(49-8)29(40)20-28)35(46)41-25(2)39(6,7)37(48)43-31(36(47)50-32)22-38(3,4)5/h9,11-20,24-25,30-32,44H,10,21-23H2,1-8H3,(H,41,46)(H,42,45)(H,43,48)/b11-9-,13-12+/t24-,25?,30-,31+,32+/m1/s1. The molecule has 50 heavy (non-hydrogen) atoms. The molecular weight excluding hydrogens is 658 g/mol. The SMILES string of the molecule is COc1ccc(C[C@H]2NC(=O)/C=C\C[C@@H]([C@H](C)/C=C/c3ccc(CO)cc3)OC(=O)[C@H](CC(C)(C)C)NC(=O)C(C)(C)C(C)NC2=O)cc1Cl. The molecule has 1 aliphatic rings. The first-order valence-electron chi connectivity index (χ1n) is 16.9. The highest BCUT2D eigenvalue weighted by Crippen LogP contribution is 2.28. The number of ether oxygens (including phenoxy) is 2. The number of amides is 3. The average Bonchev–Trinajstić information content (AvgIpc) is 3.05. The average molecular weight is 710 g/mol. The van der Waals surface area contributed by atoms with Crippen LogP contribution in [0.5, 0.6) is 5.75 Å². The molecule has 2 aromatic rings. The largest absolute Gasteiger partial charge is 0.495 e. The number of methoxy groups -OCH3 is 1. The predicted molar refractivity (Wildman–Crippen MR) is 195 cm³/mol.